The van der Waals surface area contributed by atoms with E-state index in [1.165, 1.54) is 0 Å². The highest BCUT2D eigenvalue weighted by atomic mass is 16.6. The van der Waals surface area contributed by atoms with Gasteiger partial charge in [0.05, 0.1) is 19.2 Å². The Labute approximate surface area is 164 Å². The molecule has 1 fully saturated rings. The van der Waals surface area contributed by atoms with Crippen molar-refractivity contribution in [2.24, 2.45) is 7.05 Å². The number of likely N-dealkylation sites (tertiary alicyclic amines) is 1. The smallest absolute Gasteiger partial charge is 0.413 e. The molecule has 28 heavy (non-hydrogen) atoms. The van der Waals surface area contributed by atoms with Crippen molar-refractivity contribution in [2.45, 2.75) is 58.0 Å². The van der Waals surface area contributed by atoms with Gasteiger partial charge in [-0.05, 0) is 27.2 Å². The van der Waals surface area contributed by atoms with E-state index in [0.717, 1.165) is 18.8 Å². The largest absolute Gasteiger partial charge is 0.444 e. The van der Waals surface area contributed by atoms with Crippen LogP contribution in [0, 0.1) is 0 Å². The molecule has 0 bridgehead atoms. The summed E-state index contributed by atoms with van der Waals surface area (Å²) in [5, 5.41) is 11.3. The van der Waals surface area contributed by atoms with Crippen LogP contribution in [-0.4, -0.2) is 66.9 Å². The second-order valence-corrected chi connectivity index (χ2v) is 8.03. The predicted octanol–water partition coefficient (Wildman–Crippen LogP) is 1.65. The highest BCUT2D eigenvalue weighted by molar-refractivity contribution is 5.83. The Morgan fingerprint density at radius 1 is 1.39 bits per heavy atom. The van der Waals surface area contributed by atoms with E-state index < -0.39 is 11.7 Å². The first-order chi connectivity index (χ1) is 13.2. The summed E-state index contributed by atoms with van der Waals surface area (Å²) in [5.74, 6) is 1.38. The number of aryl methyl sites for hydroxylation is 1. The van der Waals surface area contributed by atoms with Crippen molar-refractivity contribution in [1.82, 2.24) is 29.4 Å². The fourth-order valence-corrected chi connectivity index (χ4v) is 3.29. The zero-order valence-electron chi connectivity index (χ0n) is 17.1. The molecule has 10 nitrogen and oxygen atoms in total. The lowest BCUT2D eigenvalue weighted by Crippen LogP contribution is -2.34. The number of carbonyl (C=O) groups is 1. The van der Waals surface area contributed by atoms with Gasteiger partial charge in [0.15, 0.2) is 5.82 Å². The maximum Gasteiger partial charge on any atom is 0.413 e. The van der Waals surface area contributed by atoms with Gasteiger partial charge in [-0.25, -0.2) is 9.78 Å². The molecule has 2 aromatic rings. The lowest BCUT2D eigenvalue weighted by molar-refractivity contribution is 0.0635. The third kappa shape index (κ3) is 5.29. The van der Waals surface area contributed by atoms with Crippen molar-refractivity contribution in [1.29, 1.82) is 0 Å². The van der Waals surface area contributed by atoms with Crippen LogP contribution >= 0.6 is 0 Å². The molecule has 1 saturated heterocycles. The van der Waals surface area contributed by atoms with Gasteiger partial charge in [-0.3, -0.25) is 19.6 Å². The van der Waals surface area contributed by atoms with Crippen LogP contribution < -0.4 is 5.32 Å². The SMILES string of the molecule is CO[C@H]1C[C@@H](Cn2ccc(NC(=O)OC(C)(C)C)n2)N(Cc2ncnn2C)C1. The third-order valence-corrected chi connectivity index (χ3v) is 4.64. The van der Waals surface area contributed by atoms with Gasteiger partial charge in [0.25, 0.3) is 0 Å². The zero-order valence-corrected chi connectivity index (χ0v) is 17.1. The van der Waals surface area contributed by atoms with Crippen molar-refractivity contribution in [2.75, 3.05) is 19.0 Å². The molecular formula is C18H29N7O3. The molecule has 1 N–H and O–H groups in total. The highest BCUT2D eigenvalue weighted by Crippen LogP contribution is 2.23. The number of rotatable bonds is 6. The Balaban J connectivity index is 1.62. The van der Waals surface area contributed by atoms with Gasteiger partial charge in [-0.1, -0.05) is 0 Å². The number of ether oxygens (including phenoxy) is 2. The van der Waals surface area contributed by atoms with Crippen LogP contribution in [0.2, 0.25) is 0 Å². The molecule has 0 saturated carbocycles. The van der Waals surface area contributed by atoms with Crippen LogP contribution in [0.1, 0.15) is 33.0 Å². The lowest BCUT2D eigenvalue weighted by Gasteiger charge is -2.23. The molecule has 2 aromatic heterocycles. The Morgan fingerprint density at radius 3 is 2.82 bits per heavy atom. The molecule has 154 valence electrons. The van der Waals surface area contributed by atoms with E-state index in [0.29, 0.717) is 18.9 Å². The molecule has 1 aliphatic rings. The Bertz CT molecular complexity index is 795. The summed E-state index contributed by atoms with van der Waals surface area (Å²) in [5.41, 5.74) is -0.550. The lowest BCUT2D eigenvalue weighted by atomic mass is 10.2. The first-order valence-electron chi connectivity index (χ1n) is 9.36. The van der Waals surface area contributed by atoms with E-state index >= 15 is 0 Å². The quantitative estimate of drug-likeness (QED) is 0.799. The summed E-state index contributed by atoms with van der Waals surface area (Å²) in [6, 6.07) is 2.01. The molecule has 3 rings (SSSR count). The number of amides is 1. The van der Waals surface area contributed by atoms with Gasteiger partial charge in [0.2, 0.25) is 0 Å². The minimum atomic E-state index is -0.550. The van der Waals surface area contributed by atoms with Gasteiger partial charge in [0, 0.05) is 39.0 Å². The van der Waals surface area contributed by atoms with Crippen LogP contribution in [0.3, 0.4) is 0 Å². The van der Waals surface area contributed by atoms with Crippen LogP contribution in [-0.2, 0) is 29.6 Å². The number of aromatic nitrogens is 5. The van der Waals surface area contributed by atoms with Gasteiger partial charge >= 0.3 is 6.09 Å². The molecule has 2 atom stereocenters. The van der Waals surface area contributed by atoms with Crippen molar-refractivity contribution in [3.05, 3.63) is 24.4 Å². The van der Waals surface area contributed by atoms with E-state index in [4.69, 9.17) is 9.47 Å². The normalized spacial score (nSPS) is 20.5. The van der Waals surface area contributed by atoms with Crippen LogP contribution in [0.4, 0.5) is 10.6 Å². The van der Waals surface area contributed by atoms with Crippen molar-refractivity contribution < 1.29 is 14.3 Å². The Kier molecular flexibility index (Phi) is 5.99. The molecule has 0 spiro atoms. The Hall–Kier alpha value is -2.46. The standard InChI is InChI=1S/C18H29N7O3/c1-18(2,3)28-17(26)21-15-6-7-25(22-15)9-13-8-14(27-5)10-24(13)11-16-19-12-20-23(16)4/h6-7,12-14H,8-11H2,1-5H3,(H,21,22,26)/t13-,14-/m0/s1. The number of anilines is 1. The van der Waals surface area contributed by atoms with E-state index in [-0.39, 0.29) is 12.1 Å². The highest BCUT2D eigenvalue weighted by Gasteiger charge is 2.33. The van der Waals surface area contributed by atoms with Gasteiger partial charge in [-0.15, -0.1) is 0 Å². The van der Waals surface area contributed by atoms with Gasteiger partial charge in [-0.2, -0.15) is 10.2 Å². The summed E-state index contributed by atoms with van der Waals surface area (Å²) in [4.78, 5) is 18.6. The minimum Gasteiger partial charge on any atom is -0.444 e. The van der Waals surface area contributed by atoms with E-state index in [9.17, 15) is 4.79 Å². The first-order valence-corrected chi connectivity index (χ1v) is 9.36. The molecule has 10 heteroatoms. The zero-order chi connectivity index (χ0) is 20.3. The Morgan fingerprint density at radius 2 is 2.18 bits per heavy atom. The molecule has 3 heterocycles. The summed E-state index contributed by atoms with van der Waals surface area (Å²) in [6.07, 6.45) is 3.99. The van der Waals surface area contributed by atoms with Crippen molar-refractivity contribution in [3.63, 3.8) is 0 Å². The van der Waals surface area contributed by atoms with E-state index in [2.05, 4.69) is 25.4 Å². The molecule has 1 aliphatic heterocycles. The maximum atomic E-state index is 11.9. The maximum absolute atomic E-state index is 11.9. The number of hydrogen-bond acceptors (Lipinski definition) is 7. The number of nitrogens with zero attached hydrogens (tertiary/aromatic N) is 6. The molecule has 0 unspecified atom stereocenters. The van der Waals surface area contributed by atoms with Crippen LogP contribution in [0.5, 0.6) is 0 Å². The topological polar surface area (TPSA) is 99.3 Å². The molecule has 1 amide bonds. The molecule has 0 radical (unpaired) electrons. The number of carbonyl (C=O) groups excluding carboxylic acids is 1. The predicted molar refractivity (Wildman–Crippen MR) is 103 cm³/mol. The molecule has 0 aliphatic carbocycles. The van der Waals surface area contributed by atoms with Crippen molar-refractivity contribution in [3.8, 4) is 0 Å². The molecular weight excluding hydrogens is 362 g/mol. The summed E-state index contributed by atoms with van der Waals surface area (Å²) in [6.45, 7) is 7.69. The fraction of sp³-hybridized carbons (Fsp3) is 0.667. The second kappa shape index (κ2) is 8.27. The summed E-state index contributed by atoms with van der Waals surface area (Å²) < 4.78 is 14.5. The number of hydrogen-bond donors (Lipinski definition) is 1. The van der Waals surface area contributed by atoms with Crippen LogP contribution in [0.25, 0.3) is 0 Å². The number of methoxy groups -OCH3 is 1. The van der Waals surface area contributed by atoms with Gasteiger partial charge in [0.1, 0.15) is 17.8 Å². The second-order valence-electron chi connectivity index (χ2n) is 8.03. The third-order valence-electron chi connectivity index (χ3n) is 4.64. The number of nitrogens with one attached hydrogen (secondary N) is 1. The van der Waals surface area contributed by atoms with Gasteiger partial charge < -0.3 is 9.47 Å². The van der Waals surface area contributed by atoms with E-state index in [1.807, 2.05) is 38.7 Å². The fourth-order valence-electron chi connectivity index (χ4n) is 3.29. The molecule has 0 aromatic carbocycles. The van der Waals surface area contributed by atoms with Crippen molar-refractivity contribution >= 4 is 11.9 Å². The minimum absolute atomic E-state index is 0.174. The average molecular weight is 391 g/mol. The van der Waals surface area contributed by atoms with E-state index in [1.54, 1.807) is 24.2 Å². The van der Waals surface area contributed by atoms with Crippen LogP contribution in [0.15, 0.2) is 18.6 Å². The summed E-state index contributed by atoms with van der Waals surface area (Å²) >= 11 is 0. The monoisotopic (exact) mass is 391 g/mol. The average Bonchev–Trinajstić information content (AvgIpc) is 3.29. The first kappa shape index (κ1) is 20.3. The summed E-state index contributed by atoms with van der Waals surface area (Å²) in [7, 11) is 3.63.